The van der Waals surface area contributed by atoms with Crippen LogP contribution in [0.25, 0.3) is 0 Å². The third-order valence-corrected chi connectivity index (χ3v) is 5.69. The Morgan fingerprint density at radius 3 is 2.19 bits per heavy atom. The molecule has 0 bridgehead atoms. The topological polar surface area (TPSA) is 98.9 Å². The lowest BCUT2D eigenvalue weighted by Crippen LogP contribution is -2.51. The van der Waals surface area contributed by atoms with Crippen LogP contribution >= 0.6 is 23.2 Å². The van der Waals surface area contributed by atoms with Crippen LogP contribution in [0.3, 0.4) is 0 Å². The Bertz CT molecular complexity index is 897. The SMILES string of the molecule is CC(=O)O.C[C@H](CCNc1ccc(Cl)cc1N)N1CCN(C(=O)c2ccc(Cl)cc2)CC1. The number of hydrogen-bond donors (Lipinski definition) is 3. The number of nitrogens with zero attached hydrogens (tertiary/aromatic N) is 2. The van der Waals surface area contributed by atoms with E-state index in [0.29, 0.717) is 27.3 Å². The van der Waals surface area contributed by atoms with Crippen molar-refractivity contribution < 1.29 is 14.7 Å². The molecule has 2 aromatic carbocycles. The highest BCUT2D eigenvalue weighted by atomic mass is 35.5. The van der Waals surface area contributed by atoms with Crippen LogP contribution in [0, 0.1) is 0 Å². The third-order valence-electron chi connectivity index (χ3n) is 5.21. The molecule has 174 valence electrons. The largest absolute Gasteiger partial charge is 0.481 e. The summed E-state index contributed by atoms with van der Waals surface area (Å²) >= 11 is 11.8. The Labute approximate surface area is 199 Å². The summed E-state index contributed by atoms with van der Waals surface area (Å²) in [7, 11) is 0. The fourth-order valence-electron chi connectivity index (χ4n) is 3.43. The van der Waals surface area contributed by atoms with E-state index in [1.807, 2.05) is 17.0 Å². The minimum Gasteiger partial charge on any atom is -0.481 e. The van der Waals surface area contributed by atoms with E-state index in [1.54, 1.807) is 30.3 Å². The number of carbonyl (C=O) groups excluding carboxylic acids is 1. The zero-order valence-electron chi connectivity index (χ0n) is 18.4. The zero-order chi connectivity index (χ0) is 23.7. The Kier molecular flexibility index (Phi) is 10.1. The van der Waals surface area contributed by atoms with Gasteiger partial charge in [0.2, 0.25) is 0 Å². The maximum absolute atomic E-state index is 12.6. The molecule has 0 unspecified atom stereocenters. The number of halogens is 2. The molecule has 1 atom stereocenters. The number of nitrogen functional groups attached to an aromatic ring is 1. The molecule has 32 heavy (non-hydrogen) atoms. The zero-order valence-corrected chi connectivity index (χ0v) is 19.9. The molecule has 3 rings (SSSR count). The smallest absolute Gasteiger partial charge is 0.300 e. The van der Waals surface area contributed by atoms with Gasteiger partial charge in [0.25, 0.3) is 11.9 Å². The predicted octanol–water partition coefficient (Wildman–Crippen LogP) is 4.32. The summed E-state index contributed by atoms with van der Waals surface area (Å²) in [5, 5.41) is 12.1. The van der Waals surface area contributed by atoms with Gasteiger partial charge in [-0.2, -0.15) is 0 Å². The number of hydrogen-bond acceptors (Lipinski definition) is 5. The second kappa shape index (κ2) is 12.5. The monoisotopic (exact) mass is 480 g/mol. The van der Waals surface area contributed by atoms with Crippen molar-refractivity contribution in [3.63, 3.8) is 0 Å². The summed E-state index contributed by atoms with van der Waals surface area (Å²) < 4.78 is 0. The van der Waals surface area contributed by atoms with Crippen molar-refractivity contribution in [3.8, 4) is 0 Å². The number of carboxylic acids is 1. The van der Waals surface area contributed by atoms with E-state index < -0.39 is 5.97 Å². The number of piperazine rings is 1. The second-order valence-electron chi connectivity index (χ2n) is 7.65. The van der Waals surface area contributed by atoms with Crippen LogP contribution in [0.5, 0.6) is 0 Å². The van der Waals surface area contributed by atoms with Crippen LogP contribution in [0.1, 0.15) is 30.6 Å². The number of nitrogens with one attached hydrogen (secondary N) is 1. The molecule has 1 heterocycles. The van der Waals surface area contributed by atoms with Crippen LogP contribution in [0.4, 0.5) is 11.4 Å². The Morgan fingerprint density at radius 1 is 1.06 bits per heavy atom. The Morgan fingerprint density at radius 2 is 1.62 bits per heavy atom. The molecule has 1 saturated heterocycles. The predicted molar refractivity (Wildman–Crippen MR) is 131 cm³/mol. The summed E-state index contributed by atoms with van der Waals surface area (Å²) in [4.78, 5) is 26.0. The molecule has 1 aliphatic heterocycles. The van der Waals surface area contributed by atoms with Crippen molar-refractivity contribution in [2.24, 2.45) is 0 Å². The van der Waals surface area contributed by atoms with Crippen molar-refractivity contribution >= 4 is 46.5 Å². The molecule has 4 N–H and O–H groups in total. The van der Waals surface area contributed by atoms with E-state index in [1.165, 1.54) is 0 Å². The first kappa shape index (κ1) is 25.8. The fourth-order valence-corrected chi connectivity index (χ4v) is 3.74. The van der Waals surface area contributed by atoms with Gasteiger partial charge < -0.3 is 21.1 Å². The van der Waals surface area contributed by atoms with Gasteiger partial charge in [0.05, 0.1) is 11.4 Å². The number of aliphatic carboxylic acids is 1. The molecule has 1 amide bonds. The molecule has 1 fully saturated rings. The summed E-state index contributed by atoms with van der Waals surface area (Å²) in [5.41, 5.74) is 8.24. The van der Waals surface area contributed by atoms with Gasteiger partial charge in [0.15, 0.2) is 0 Å². The van der Waals surface area contributed by atoms with E-state index >= 15 is 0 Å². The van der Waals surface area contributed by atoms with Crippen molar-refractivity contribution in [2.75, 3.05) is 43.8 Å². The minimum absolute atomic E-state index is 0.0730. The van der Waals surface area contributed by atoms with E-state index in [0.717, 1.165) is 51.8 Å². The highest BCUT2D eigenvalue weighted by molar-refractivity contribution is 6.31. The molecule has 9 heteroatoms. The van der Waals surface area contributed by atoms with Gasteiger partial charge in [-0.1, -0.05) is 23.2 Å². The number of rotatable bonds is 6. The van der Waals surface area contributed by atoms with E-state index in [-0.39, 0.29) is 5.91 Å². The highest BCUT2D eigenvalue weighted by Crippen LogP contribution is 2.23. The second-order valence-corrected chi connectivity index (χ2v) is 8.52. The van der Waals surface area contributed by atoms with Gasteiger partial charge in [0, 0.05) is 61.3 Å². The van der Waals surface area contributed by atoms with Crippen molar-refractivity contribution in [2.45, 2.75) is 26.3 Å². The first-order valence-corrected chi connectivity index (χ1v) is 11.2. The number of carbonyl (C=O) groups is 2. The Balaban J connectivity index is 0.000000837. The van der Waals surface area contributed by atoms with Crippen molar-refractivity contribution in [1.82, 2.24) is 9.80 Å². The lowest BCUT2D eigenvalue weighted by atomic mass is 10.1. The lowest BCUT2D eigenvalue weighted by Gasteiger charge is -2.38. The van der Waals surface area contributed by atoms with Gasteiger partial charge >= 0.3 is 0 Å². The Hall–Kier alpha value is -2.48. The summed E-state index contributed by atoms with van der Waals surface area (Å²) in [5.74, 6) is -0.760. The van der Waals surface area contributed by atoms with Crippen LogP contribution in [0.2, 0.25) is 10.0 Å². The standard InChI is InChI=1S/C21H26Cl2N4O.C2H4O2/c1-15(8-9-25-20-7-6-18(23)14-19(20)24)26-10-12-27(13-11-26)21(28)16-2-4-17(22)5-3-16;1-2(3)4/h2-7,14-15,25H,8-13,24H2,1H3;1H3,(H,3,4)/t15-;/m1./s1. The van der Waals surface area contributed by atoms with Crippen LogP contribution in [-0.4, -0.2) is 65.5 Å². The summed E-state index contributed by atoms with van der Waals surface area (Å²) in [6.07, 6.45) is 0.993. The first-order chi connectivity index (χ1) is 15.2. The van der Waals surface area contributed by atoms with E-state index in [9.17, 15) is 4.79 Å². The third kappa shape index (κ3) is 8.22. The van der Waals surface area contributed by atoms with Crippen LogP contribution < -0.4 is 11.1 Å². The van der Waals surface area contributed by atoms with Crippen LogP contribution in [0.15, 0.2) is 42.5 Å². The van der Waals surface area contributed by atoms with E-state index in [2.05, 4.69) is 17.1 Å². The van der Waals surface area contributed by atoms with Gasteiger partial charge in [-0.15, -0.1) is 0 Å². The molecule has 0 aliphatic carbocycles. The van der Waals surface area contributed by atoms with Gasteiger partial charge in [-0.25, -0.2) is 0 Å². The van der Waals surface area contributed by atoms with Crippen molar-refractivity contribution in [1.29, 1.82) is 0 Å². The molecule has 0 aromatic heterocycles. The minimum atomic E-state index is -0.833. The maximum Gasteiger partial charge on any atom is 0.300 e. The molecule has 0 saturated carbocycles. The average Bonchev–Trinajstić information content (AvgIpc) is 2.75. The van der Waals surface area contributed by atoms with Gasteiger partial charge in [0.1, 0.15) is 0 Å². The molecule has 2 aromatic rings. The molecule has 0 spiro atoms. The number of benzene rings is 2. The fraction of sp³-hybridized carbons (Fsp3) is 0.391. The van der Waals surface area contributed by atoms with Gasteiger partial charge in [-0.3, -0.25) is 14.5 Å². The molecule has 0 radical (unpaired) electrons. The lowest BCUT2D eigenvalue weighted by molar-refractivity contribution is -0.134. The highest BCUT2D eigenvalue weighted by Gasteiger charge is 2.24. The van der Waals surface area contributed by atoms with Gasteiger partial charge in [-0.05, 0) is 55.8 Å². The molecular formula is C23H30Cl2N4O3. The molecular weight excluding hydrogens is 451 g/mol. The normalized spacial score (nSPS) is 14.8. The summed E-state index contributed by atoms with van der Waals surface area (Å²) in [6, 6.07) is 13.0. The van der Waals surface area contributed by atoms with Crippen molar-refractivity contribution in [3.05, 3.63) is 58.1 Å². The van der Waals surface area contributed by atoms with E-state index in [4.69, 9.17) is 38.8 Å². The number of carboxylic acid groups (broad SMARTS) is 1. The molecule has 1 aliphatic rings. The number of anilines is 2. The van der Waals surface area contributed by atoms with Crippen LogP contribution in [-0.2, 0) is 4.79 Å². The maximum atomic E-state index is 12.6. The molecule has 7 nitrogen and oxygen atoms in total. The first-order valence-electron chi connectivity index (χ1n) is 10.4. The summed E-state index contributed by atoms with van der Waals surface area (Å²) in [6.45, 7) is 7.38. The number of amides is 1. The average molecular weight is 481 g/mol. The quantitative estimate of drug-likeness (QED) is 0.532. The number of nitrogens with two attached hydrogens (primary N) is 1.